The molecule has 1 aliphatic heterocycles. The maximum absolute atomic E-state index is 12.1. The lowest BCUT2D eigenvalue weighted by Crippen LogP contribution is -2.08. The number of cyclic esters (lactones) is 1. The molecule has 6 heteroatoms. The number of halogens is 1. The van der Waals surface area contributed by atoms with E-state index in [9.17, 15) is 4.79 Å². The highest BCUT2D eigenvalue weighted by atomic mass is 35.5. The summed E-state index contributed by atoms with van der Waals surface area (Å²) in [6.07, 6.45) is 1.69. The number of methoxy groups -OCH3 is 1. The molecule has 0 radical (unpaired) electrons. The van der Waals surface area contributed by atoms with E-state index in [4.69, 9.17) is 21.1 Å². The normalized spacial score (nSPS) is 15.1. The maximum atomic E-state index is 12.1. The Morgan fingerprint density at radius 1 is 1.16 bits per heavy atom. The van der Waals surface area contributed by atoms with E-state index in [1.165, 1.54) is 7.11 Å². The molecule has 1 aliphatic rings. The number of aliphatic imine (C=N–C) groups is 1. The minimum absolute atomic E-state index is 0.181. The number of carbonyl (C=O) groups is 1. The molecular formula is C19H17ClN2O3. The van der Waals surface area contributed by atoms with Crippen LogP contribution in [0.25, 0.3) is 6.08 Å². The van der Waals surface area contributed by atoms with Gasteiger partial charge in [0.15, 0.2) is 5.70 Å². The third-order valence-corrected chi connectivity index (χ3v) is 3.96. The Morgan fingerprint density at radius 3 is 2.52 bits per heavy atom. The van der Waals surface area contributed by atoms with Crippen LogP contribution in [-0.2, 0) is 9.53 Å². The van der Waals surface area contributed by atoms with Crippen LogP contribution in [-0.4, -0.2) is 33.1 Å². The van der Waals surface area contributed by atoms with E-state index < -0.39 is 5.97 Å². The molecular weight excluding hydrogens is 340 g/mol. The molecule has 0 atom stereocenters. The first-order valence-corrected chi connectivity index (χ1v) is 7.99. The predicted octanol–water partition coefficient (Wildman–Crippen LogP) is 3.76. The van der Waals surface area contributed by atoms with Crippen molar-refractivity contribution in [2.75, 3.05) is 26.1 Å². The number of benzene rings is 2. The molecule has 3 rings (SSSR count). The number of hydrogen-bond donors (Lipinski definition) is 0. The van der Waals surface area contributed by atoms with Crippen molar-refractivity contribution in [1.82, 2.24) is 0 Å². The molecule has 128 valence electrons. The summed E-state index contributed by atoms with van der Waals surface area (Å²) in [6, 6.07) is 12.8. The smallest absolute Gasteiger partial charge is 0.363 e. The fourth-order valence-corrected chi connectivity index (χ4v) is 2.57. The number of hydrogen-bond acceptors (Lipinski definition) is 5. The maximum Gasteiger partial charge on any atom is 0.363 e. The summed E-state index contributed by atoms with van der Waals surface area (Å²) in [7, 11) is 5.47. The van der Waals surface area contributed by atoms with Crippen LogP contribution in [0.1, 0.15) is 11.1 Å². The second-order valence-corrected chi connectivity index (χ2v) is 6.10. The molecule has 0 N–H and O–H groups in total. The van der Waals surface area contributed by atoms with Crippen LogP contribution in [0.3, 0.4) is 0 Å². The number of rotatable bonds is 4. The van der Waals surface area contributed by atoms with Gasteiger partial charge in [-0.2, -0.15) is 0 Å². The fraction of sp³-hybridized carbons (Fsp3) is 0.158. The first kappa shape index (κ1) is 17.0. The first-order valence-electron chi connectivity index (χ1n) is 7.62. The van der Waals surface area contributed by atoms with Gasteiger partial charge in [0.2, 0.25) is 5.90 Å². The molecule has 2 aromatic carbocycles. The molecule has 2 aromatic rings. The molecule has 0 saturated carbocycles. The SMILES string of the molecule is COc1ccc(Cl)cc1C1=N/C(=C/c2ccc(N(C)C)cc2)C(=O)O1. The predicted molar refractivity (Wildman–Crippen MR) is 99.4 cm³/mol. The van der Waals surface area contributed by atoms with E-state index in [-0.39, 0.29) is 11.6 Å². The summed E-state index contributed by atoms with van der Waals surface area (Å²) in [6.45, 7) is 0. The summed E-state index contributed by atoms with van der Waals surface area (Å²) in [5.41, 5.74) is 2.70. The van der Waals surface area contributed by atoms with Gasteiger partial charge in [0.25, 0.3) is 0 Å². The van der Waals surface area contributed by atoms with Gasteiger partial charge in [-0.05, 0) is 42.0 Å². The Morgan fingerprint density at radius 2 is 1.88 bits per heavy atom. The van der Waals surface area contributed by atoms with Crippen LogP contribution in [0, 0.1) is 0 Å². The van der Waals surface area contributed by atoms with Gasteiger partial charge in [-0.15, -0.1) is 0 Å². The van der Waals surface area contributed by atoms with E-state index in [2.05, 4.69) is 4.99 Å². The number of esters is 1. The summed E-state index contributed by atoms with van der Waals surface area (Å²) in [5.74, 6) is 0.210. The average Bonchev–Trinajstić information content (AvgIpc) is 2.96. The van der Waals surface area contributed by atoms with Crippen molar-refractivity contribution in [1.29, 1.82) is 0 Å². The van der Waals surface area contributed by atoms with Gasteiger partial charge in [-0.25, -0.2) is 9.79 Å². The number of ether oxygens (including phenoxy) is 2. The Labute approximate surface area is 151 Å². The average molecular weight is 357 g/mol. The highest BCUT2D eigenvalue weighted by Gasteiger charge is 2.26. The molecule has 0 aromatic heterocycles. The third-order valence-electron chi connectivity index (χ3n) is 3.73. The zero-order valence-electron chi connectivity index (χ0n) is 14.1. The fourth-order valence-electron chi connectivity index (χ4n) is 2.40. The molecule has 0 amide bonds. The molecule has 0 saturated heterocycles. The van der Waals surface area contributed by atoms with Crippen molar-refractivity contribution in [3.8, 4) is 5.75 Å². The number of anilines is 1. The zero-order chi connectivity index (χ0) is 18.0. The molecule has 1 heterocycles. The van der Waals surface area contributed by atoms with Crippen LogP contribution >= 0.6 is 11.6 Å². The Hall–Kier alpha value is -2.79. The minimum atomic E-state index is -0.506. The molecule has 5 nitrogen and oxygen atoms in total. The van der Waals surface area contributed by atoms with Crippen molar-refractivity contribution < 1.29 is 14.3 Å². The van der Waals surface area contributed by atoms with Crippen molar-refractivity contribution in [3.05, 3.63) is 64.3 Å². The van der Waals surface area contributed by atoms with E-state index >= 15 is 0 Å². The van der Waals surface area contributed by atoms with Crippen molar-refractivity contribution in [2.24, 2.45) is 4.99 Å². The highest BCUT2D eigenvalue weighted by molar-refractivity contribution is 6.31. The summed E-state index contributed by atoms with van der Waals surface area (Å²) < 4.78 is 10.6. The van der Waals surface area contributed by atoms with Gasteiger partial charge in [0.1, 0.15) is 5.75 Å². The van der Waals surface area contributed by atoms with Crippen molar-refractivity contribution >= 4 is 35.2 Å². The quantitative estimate of drug-likeness (QED) is 0.618. The Bertz CT molecular complexity index is 871. The highest BCUT2D eigenvalue weighted by Crippen LogP contribution is 2.28. The van der Waals surface area contributed by atoms with Gasteiger partial charge in [-0.1, -0.05) is 23.7 Å². The Kier molecular flexibility index (Phi) is 4.76. The summed E-state index contributed by atoms with van der Waals surface area (Å²) >= 11 is 6.03. The van der Waals surface area contributed by atoms with Gasteiger partial charge >= 0.3 is 5.97 Å². The molecule has 0 unspecified atom stereocenters. The zero-order valence-corrected chi connectivity index (χ0v) is 14.9. The molecule has 0 fully saturated rings. The van der Waals surface area contributed by atoms with Gasteiger partial charge < -0.3 is 14.4 Å². The lowest BCUT2D eigenvalue weighted by Gasteiger charge is -2.11. The van der Waals surface area contributed by atoms with E-state index in [0.29, 0.717) is 16.3 Å². The van der Waals surface area contributed by atoms with E-state index in [1.807, 2.05) is 43.3 Å². The second-order valence-electron chi connectivity index (χ2n) is 5.67. The summed E-state index contributed by atoms with van der Waals surface area (Å²) in [5, 5.41) is 0.506. The van der Waals surface area contributed by atoms with Crippen molar-refractivity contribution in [2.45, 2.75) is 0 Å². The third kappa shape index (κ3) is 3.67. The standard InChI is InChI=1S/C19H17ClN2O3/c1-22(2)14-7-4-12(5-8-14)10-16-19(23)25-18(21-16)15-11-13(20)6-9-17(15)24-3/h4-11H,1-3H3/b16-10+. The van der Waals surface area contributed by atoms with Crippen LogP contribution in [0.4, 0.5) is 5.69 Å². The van der Waals surface area contributed by atoms with Crippen LogP contribution in [0.5, 0.6) is 5.75 Å². The molecule has 0 bridgehead atoms. The molecule has 0 spiro atoms. The van der Waals surface area contributed by atoms with E-state index in [0.717, 1.165) is 11.3 Å². The van der Waals surface area contributed by atoms with Gasteiger partial charge in [0, 0.05) is 24.8 Å². The van der Waals surface area contributed by atoms with Crippen LogP contribution in [0.2, 0.25) is 5.02 Å². The number of nitrogens with zero attached hydrogens (tertiary/aromatic N) is 2. The van der Waals surface area contributed by atoms with Crippen LogP contribution in [0.15, 0.2) is 53.2 Å². The largest absolute Gasteiger partial charge is 0.496 e. The van der Waals surface area contributed by atoms with Gasteiger partial charge in [0.05, 0.1) is 12.7 Å². The lowest BCUT2D eigenvalue weighted by atomic mass is 10.1. The van der Waals surface area contributed by atoms with Gasteiger partial charge in [-0.3, -0.25) is 0 Å². The number of carbonyl (C=O) groups excluding carboxylic acids is 1. The summed E-state index contributed by atoms with van der Waals surface area (Å²) in [4.78, 5) is 18.4. The molecule has 25 heavy (non-hydrogen) atoms. The van der Waals surface area contributed by atoms with E-state index in [1.54, 1.807) is 24.3 Å². The molecule has 0 aliphatic carbocycles. The van der Waals surface area contributed by atoms with Crippen LogP contribution < -0.4 is 9.64 Å². The lowest BCUT2D eigenvalue weighted by molar-refractivity contribution is -0.129. The monoisotopic (exact) mass is 356 g/mol. The topological polar surface area (TPSA) is 51.1 Å². The second kappa shape index (κ2) is 6.99. The van der Waals surface area contributed by atoms with Crippen molar-refractivity contribution in [3.63, 3.8) is 0 Å². The Balaban J connectivity index is 1.94. The first-order chi connectivity index (χ1) is 12.0. The minimum Gasteiger partial charge on any atom is -0.496 e.